The van der Waals surface area contributed by atoms with Crippen molar-refractivity contribution in [3.8, 4) is 0 Å². The standard InChI is InChI=1S/C24H28N6O2/c1-16(2)22(23-25-19-12-7-8-13-20(19)26-23)27-21(31)14-4-3-9-15-30-24(32)17-10-5-6-11-18(17)28-29-30/h5-8,10-13,16,22H,3-4,9,14-15H2,1-2H3,(H,25,26)(H,27,31)/t22-/m1/s1. The number of imidazole rings is 1. The van der Waals surface area contributed by atoms with E-state index in [2.05, 4.69) is 39.4 Å². The lowest BCUT2D eigenvalue weighted by atomic mass is 10.0. The van der Waals surface area contributed by atoms with E-state index in [1.165, 1.54) is 4.68 Å². The molecule has 166 valence electrons. The van der Waals surface area contributed by atoms with Gasteiger partial charge in [0.15, 0.2) is 0 Å². The lowest BCUT2D eigenvalue weighted by Gasteiger charge is -2.20. The SMILES string of the molecule is CC(C)[C@@H](NC(=O)CCCCCn1nnc2ccccc2c1=O)c1nc2ccccc2[nH]1. The van der Waals surface area contributed by atoms with E-state index < -0.39 is 0 Å². The number of aromatic nitrogens is 5. The lowest BCUT2D eigenvalue weighted by Crippen LogP contribution is -2.32. The molecule has 1 amide bonds. The molecule has 0 fully saturated rings. The molecule has 0 saturated heterocycles. The highest BCUT2D eigenvalue weighted by atomic mass is 16.1. The van der Waals surface area contributed by atoms with Crippen molar-refractivity contribution < 1.29 is 4.79 Å². The first-order valence-corrected chi connectivity index (χ1v) is 11.1. The van der Waals surface area contributed by atoms with Crippen LogP contribution in [0.2, 0.25) is 0 Å². The maximum atomic E-state index is 12.5. The number of hydrogen-bond acceptors (Lipinski definition) is 5. The molecule has 4 rings (SSSR count). The van der Waals surface area contributed by atoms with E-state index in [1.54, 1.807) is 12.1 Å². The average molecular weight is 433 g/mol. The van der Waals surface area contributed by atoms with Gasteiger partial charge >= 0.3 is 0 Å². The van der Waals surface area contributed by atoms with E-state index in [1.807, 2.05) is 36.4 Å². The summed E-state index contributed by atoms with van der Waals surface area (Å²) in [6, 6.07) is 14.9. The van der Waals surface area contributed by atoms with Crippen molar-refractivity contribution in [1.82, 2.24) is 30.3 Å². The number of aromatic amines is 1. The van der Waals surface area contributed by atoms with Gasteiger partial charge in [0.05, 0.1) is 22.5 Å². The van der Waals surface area contributed by atoms with Crippen LogP contribution in [0.4, 0.5) is 0 Å². The monoisotopic (exact) mass is 432 g/mol. The maximum Gasteiger partial charge on any atom is 0.277 e. The molecule has 0 saturated carbocycles. The van der Waals surface area contributed by atoms with Crippen LogP contribution in [-0.2, 0) is 11.3 Å². The highest BCUT2D eigenvalue weighted by Crippen LogP contribution is 2.22. The fourth-order valence-electron chi connectivity index (χ4n) is 3.81. The molecule has 0 spiro atoms. The minimum Gasteiger partial charge on any atom is -0.346 e. The Balaban J connectivity index is 1.27. The summed E-state index contributed by atoms with van der Waals surface area (Å²) < 4.78 is 1.40. The number of aryl methyl sites for hydroxylation is 1. The number of nitrogens with one attached hydrogen (secondary N) is 2. The van der Waals surface area contributed by atoms with Gasteiger partial charge in [0.25, 0.3) is 5.56 Å². The topological polar surface area (TPSA) is 106 Å². The Hall–Kier alpha value is -3.55. The van der Waals surface area contributed by atoms with Gasteiger partial charge in [-0.1, -0.05) is 49.7 Å². The Bertz CT molecular complexity index is 1240. The fourth-order valence-corrected chi connectivity index (χ4v) is 3.81. The molecule has 0 unspecified atom stereocenters. The summed E-state index contributed by atoms with van der Waals surface area (Å²) in [5.74, 6) is 0.994. The summed E-state index contributed by atoms with van der Waals surface area (Å²) in [6.45, 7) is 4.63. The van der Waals surface area contributed by atoms with Gasteiger partial charge in [-0.05, 0) is 43.0 Å². The van der Waals surface area contributed by atoms with Gasteiger partial charge in [0.1, 0.15) is 11.3 Å². The van der Waals surface area contributed by atoms with Gasteiger partial charge in [-0.2, -0.15) is 0 Å². The lowest BCUT2D eigenvalue weighted by molar-refractivity contribution is -0.122. The normalized spacial score (nSPS) is 12.5. The molecule has 8 nitrogen and oxygen atoms in total. The number of fused-ring (bicyclic) bond motifs is 2. The van der Waals surface area contributed by atoms with Crippen LogP contribution in [0.25, 0.3) is 21.9 Å². The Labute approximate surface area is 186 Å². The van der Waals surface area contributed by atoms with Crippen molar-refractivity contribution in [3.05, 3.63) is 64.7 Å². The van der Waals surface area contributed by atoms with Crippen LogP contribution in [0.3, 0.4) is 0 Å². The number of nitrogens with zero attached hydrogens (tertiary/aromatic N) is 4. The van der Waals surface area contributed by atoms with Gasteiger partial charge in [-0.25, -0.2) is 9.67 Å². The Morgan fingerprint density at radius 3 is 2.56 bits per heavy atom. The number of carbonyl (C=O) groups is 1. The third-order valence-electron chi connectivity index (χ3n) is 5.59. The summed E-state index contributed by atoms with van der Waals surface area (Å²) >= 11 is 0. The second kappa shape index (κ2) is 9.72. The molecule has 2 aromatic carbocycles. The molecule has 32 heavy (non-hydrogen) atoms. The quantitative estimate of drug-likeness (QED) is 0.392. The molecule has 1 atom stereocenters. The number of amides is 1. The van der Waals surface area contributed by atoms with E-state index in [-0.39, 0.29) is 23.4 Å². The maximum absolute atomic E-state index is 12.5. The predicted octanol–water partition coefficient (Wildman–Crippen LogP) is 3.74. The van der Waals surface area contributed by atoms with Gasteiger partial charge in [0, 0.05) is 13.0 Å². The number of carbonyl (C=O) groups excluding carboxylic acids is 1. The van der Waals surface area contributed by atoms with Crippen molar-refractivity contribution in [2.45, 2.75) is 52.1 Å². The number of para-hydroxylation sites is 2. The minimum atomic E-state index is -0.165. The first kappa shape index (κ1) is 21.7. The van der Waals surface area contributed by atoms with Gasteiger partial charge in [0.2, 0.25) is 5.91 Å². The number of benzene rings is 2. The molecule has 4 aromatic rings. The summed E-state index contributed by atoms with van der Waals surface area (Å²) in [5.41, 5.74) is 2.34. The van der Waals surface area contributed by atoms with Crippen molar-refractivity contribution in [1.29, 1.82) is 0 Å². The molecule has 0 bridgehead atoms. The molecule has 2 heterocycles. The zero-order chi connectivity index (χ0) is 22.5. The van der Waals surface area contributed by atoms with Gasteiger partial charge in [-0.3, -0.25) is 9.59 Å². The molecule has 2 N–H and O–H groups in total. The summed E-state index contributed by atoms with van der Waals surface area (Å²) in [7, 11) is 0. The first-order valence-electron chi connectivity index (χ1n) is 11.1. The largest absolute Gasteiger partial charge is 0.346 e. The fraction of sp³-hybridized carbons (Fsp3) is 0.375. The number of hydrogen-bond donors (Lipinski definition) is 2. The molecule has 2 aromatic heterocycles. The smallest absolute Gasteiger partial charge is 0.277 e. The number of H-pyrrole nitrogens is 1. The second-order valence-electron chi connectivity index (χ2n) is 8.37. The third-order valence-corrected chi connectivity index (χ3v) is 5.59. The highest BCUT2D eigenvalue weighted by Gasteiger charge is 2.21. The molecular formula is C24H28N6O2. The Morgan fingerprint density at radius 2 is 1.78 bits per heavy atom. The van der Waals surface area contributed by atoms with Crippen LogP contribution in [0.5, 0.6) is 0 Å². The number of unbranched alkanes of at least 4 members (excludes halogenated alkanes) is 2. The van der Waals surface area contributed by atoms with Crippen molar-refractivity contribution >= 4 is 27.8 Å². The average Bonchev–Trinajstić information content (AvgIpc) is 3.22. The van der Waals surface area contributed by atoms with E-state index in [9.17, 15) is 9.59 Å². The second-order valence-corrected chi connectivity index (χ2v) is 8.37. The predicted molar refractivity (Wildman–Crippen MR) is 124 cm³/mol. The van der Waals surface area contributed by atoms with Crippen molar-refractivity contribution in [3.63, 3.8) is 0 Å². The molecule has 0 aliphatic heterocycles. The van der Waals surface area contributed by atoms with Crippen LogP contribution in [0.15, 0.2) is 53.3 Å². The summed E-state index contributed by atoms with van der Waals surface area (Å²) in [4.78, 5) is 33.0. The van der Waals surface area contributed by atoms with Crippen LogP contribution in [0, 0.1) is 5.92 Å². The van der Waals surface area contributed by atoms with Crippen LogP contribution < -0.4 is 10.9 Å². The molecular weight excluding hydrogens is 404 g/mol. The van der Waals surface area contributed by atoms with Gasteiger partial charge in [-0.15, -0.1) is 5.10 Å². The van der Waals surface area contributed by atoms with Crippen LogP contribution in [-0.4, -0.2) is 30.9 Å². The number of rotatable bonds is 9. The molecule has 8 heteroatoms. The summed E-state index contributed by atoms with van der Waals surface area (Å²) in [5, 5.41) is 11.8. The zero-order valence-corrected chi connectivity index (χ0v) is 18.4. The van der Waals surface area contributed by atoms with Crippen LogP contribution >= 0.6 is 0 Å². The molecule has 0 aliphatic carbocycles. The Kier molecular flexibility index (Phi) is 6.58. The highest BCUT2D eigenvalue weighted by molar-refractivity contribution is 5.78. The molecule has 0 radical (unpaired) electrons. The van der Waals surface area contributed by atoms with Crippen molar-refractivity contribution in [2.24, 2.45) is 5.92 Å². The first-order chi connectivity index (χ1) is 15.5. The molecule has 0 aliphatic rings. The Morgan fingerprint density at radius 1 is 1.03 bits per heavy atom. The zero-order valence-electron chi connectivity index (χ0n) is 18.4. The van der Waals surface area contributed by atoms with Gasteiger partial charge < -0.3 is 10.3 Å². The minimum absolute atomic E-state index is 0.00631. The van der Waals surface area contributed by atoms with E-state index in [0.717, 1.165) is 36.1 Å². The van der Waals surface area contributed by atoms with E-state index >= 15 is 0 Å². The van der Waals surface area contributed by atoms with Crippen molar-refractivity contribution in [2.75, 3.05) is 0 Å². The summed E-state index contributed by atoms with van der Waals surface area (Å²) in [6.07, 6.45) is 2.76. The van der Waals surface area contributed by atoms with E-state index in [0.29, 0.717) is 23.9 Å². The third kappa shape index (κ3) is 4.85. The van der Waals surface area contributed by atoms with Crippen LogP contribution in [0.1, 0.15) is 51.4 Å². The van der Waals surface area contributed by atoms with E-state index in [4.69, 9.17) is 0 Å².